The van der Waals surface area contributed by atoms with Gasteiger partial charge in [0.05, 0.1) is 5.69 Å². The van der Waals surface area contributed by atoms with E-state index in [1.807, 2.05) is 6.20 Å². The van der Waals surface area contributed by atoms with Crippen molar-refractivity contribution in [1.82, 2.24) is 15.2 Å². The summed E-state index contributed by atoms with van der Waals surface area (Å²) in [5, 5.41) is 6.32. The van der Waals surface area contributed by atoms with Gasteiger partial charge in [-0.3, -0.25) is 9.88 Å². The van der Waals surface area contributed by atoms with Crippen LogP contribution in [0.3, 0.4) is 0 Å². The van der Waals surface area contributed by atoms with E-state index in [0.29, 0.717) is 6.04 Å². The first kappa shape index (κ1) is 19.1. The molecule has 3 nitrogen and oxygen atoms in total. The number of nitrogens with one attached hydrogen (secondary N) is 1. The summed E-state index contributed by atoms with van der Waals surface area (Å²) in [4.78, 5) is 7.35. The fraction of sp³-hybridized carbons (Fsp3) is 0.400. The molecule has 28 heavy (non-hydrogen) atoms. The third-order valence-electron chi connectivity index (χ3n) is 5.85. The lowest BCUT2D eigenvalue weighted by molar-refractivity contribution is 0.222. The van der Waals surface area contributed by atoms with Crippen LogP contribution in [0.4, 0.5) is 0 Å². The molecule has 4 rings (SSSR count). The molecule has 146 valence electrons. The number of benzene rings is 2. The molecule has 1 aromatic heterocycles. The lowest BCUT2D eigenvalue weighted by Gasteiger charge is -2.32. The van der Waals surface area contributed by atoms with E-state index in [0.717, 1.165) is 32.6 Å². The SMILES string of the molecule is CCCCCN(Cc1nccc2ccccc12)C[C@H]1Cc2ccccc2CN1. The molecule has 0 radical (unpaired) electrons. The lowest BCUT2D eigenvalue weighted by atomic mass is 9.95. The minimum absolute atomic E-state index is 0.506. The molecule has 0 fully saturated rings. The molecule has 1 aliphatic rings. The fourth-order valence-electron chi connectivity index (χ4n) is 4.30. The second-order valence-electron chi connectivity index (χ2n) is 7.97. The van der Waals surface area contributed by atoms with Gasteiger partial charge in [0.2, 0.25) is 0 Å². The van der Waals surface area contributed by atoms with Crippen LogP contribution in [0.25, 0.3) is 10.8 Å². The Bertz CT molecular complexity index is 900. The maximum atomic E-state index is 4.74. The van der Waals surface area contributed by atoms with Gasteiger partial charge < -0.3 is 5.32 Å². The zero-order valence-electron chi connectivity index (χ0n) is 16.9. The summed E-state index contributed by atoms with van der Waals surface area (Å²) in [7, 11) is 0. The fourth-order valence-corrected chi connectivity index (χ4v) is 4.30. The van der Waals surface area contributed by atoms with Gasteiger partial charge in [-0.05, 0) is 42.0 Å². The highest BCUT2D eigenvalue weighted by Crippen LogP contribution is 2.20. The zero-order valence-corrected chi connectivity index (χ0v) is 16.9. The van der Waals surface area contributed by atoms with Crippen LogP contribution in [0.1, 0.15) is 43.0 Å². The highest BCUT2D eigenvalue weighted by atomic mass is 15.2. The van der Waals surface area contributed by atoms with E-state index in [4.69, 9.17) is 4.98 Å². The van der Waals surface area contributed by atoms with Gasteiger partial charge >= 0.3 is 0 Å². The van der Waals surface area contributed by atoms with Crippen LogP contribution in [0, 0.1) is 0 Å². The maximum Gasteiger partial charge on any atom is 0.0622 e. The van der Waals surface area contributed by atoms with Crippen molar-refractivity contribution in [3.05, 3.63) is 77.6 Å². The number of rotatable bonds is 8. The molecule has 2 aromatic carbocycles. The number of pyridine rings is 1. The topological polar surface area (TPSA) is 28.2 Å². The highest BCUT2D eigenvalue weighted by molar-refractivity contribution is 5.84. The van der Waals surface area contributed by atoms with Gasteiger partial charge in [-0.1, -0.05) is 68.3 Å². The minimum Gasteiger partial charge on any atom is -0.308 e. The van der Waals surface area contributed by atoms with Crippen molar-refractivity contribution in [2.24, 2.45) is 0 Å². The van der Waals surface area contributed by atoms with Crippen molar-refractivity contribution in [3.63, 3.8) is 0 Å². The first-order valence-corrected chi connectivity index (χ1v) is 10.7. The number of hydrogen-bond acceptors (Lipinski definition) is 3. The summed E-state index contributed by atoms with van der Waals surface area (Å²) in [6.45, 7) is 6.39. The van der Waals surface area contributed by atoms with Crippen molar-refractivity contribution in [2.75, 3.05) is 13.1 Å². The third kappa shape index (κ3) is 4.60. The molecule has 3 heteroatoms. The monoisotopic (exact) mass is 373 g/mol. The van der Waals surface area contributed by atoms with Crippen LogP contribution in [0.15, 0.2) is 60.8 Å². The zero-order chi connectivity index (χ0) is 19.2. The third-order valence-corrected chi connectivity index (χ3v) is 5.85. The molecular formula is C25H31N3. The molecule has 0 unspecified atom stereocenters. The van der Waals surface area contributed by atoms with Crippen molar-refractivity contribution in [3.8, 4) is 0 Å². The van der Waals surface area contributed by atoms with Crippen LogP contribution in [-0.2, 0) is 19.5 Å². The number of unbranched alkanes of at least 4 members (excludes halogenated alkanes) is 2. The molecule has 0 saturated heterocycles. The Morgan fingerprint density at radius 2 is 1.82 bits per heavy atom. The Kier molecular flexibility index (Phi) is 6.35. The summed E-state index contributed by atoms with van der Waals surface area (Å²) in [5.74, 6) is 0. The molecule has 1 atom stereocenters. The summed E-state index contributed by atoms with van der Waals surface area (Å²) < 4.78 is 0. The summed E-state index contributed by atoms with van der Waals surface area (Å²) in [5.41, 5.74) is 4.15. The number of hydrogen-bond donors (Lipinski definition) is 1. The smallest absolute Gasteiger partial charge is 0.0622 e. The standard InChI is InChI=1S/C25H31N3/c1-2-3-8-15-28(18-23-16-21-10-4-5-11-22(21)17-27-23)19-25-24-12-7-6-9-20(24)13-14-26-25/h4-7,9-14,23,27H,2-3,8,15-19H2,1H3/t23-/m1/s1. The van der Waals surface area contributed by atoms with Crippen molar-refractivity contribution >= 4 is 10.8 Å². The molecule has 2 heterocycles. The van der Waals surface area contributed by atoms with E-state index in [9.17, 15) is 0 Å². The average Bonchev–Trinajstić information content (AvgIpc) is 2.74. The lowest BCUT2D eigenvalue weighted by Crippen LogP contribution is -2.44. The molecule has 1 aliphatic heterocycles. The van der Waals surface area contributed by atoms with Gasteiger partial charge in [-0.2, -0.15) is 0 Å². The Hall–Kier alpha value is -2.23. The predicted molar refractivity (Wildman–Crippen MR) is 117 cm³/mol. The number of aromatic nitrogens is 1. The van der Waals surface area contributed by atoms with E-state index in [2.05, 4.69) is 71.7 Å². The molecule has 0 spiro atoms. The van der Waals surface area contributed by atoms with Gasteiger partial charge in [-0.15, -0.1) is 0 Å². The Labute approximate surface area is 168 Å². The van der Waals surface area contributed by atoms with Crippen LogP contribution < -0.4 is 5.32 Å². The molecule has 1 N–H and O–H groups in total. The Morgan fingerprint density at radius 3 is 2.71 bits per heavy atom. The molecule has 0 bridgehead atoms. The van der Waals surface area contributed by atoms with Crippen LogP contribution in [-0.4, -0.2) is 29.0 Å². The first-order chi connectivity index (χ1) is 13.8. The van der Waals surface area contributed by atoms with Gasteiger partial charge in [0.1, 0.15) is 0 Å². The second-order valence-corrected chi connectivity index (χ2v) is 7.97. The average molecular weight is 374 g/mol. The maximum absolute atomic E-state index is 4.74. The van der Waals surface area contributed by atoms with Crippen LogP contribution in [0.2, 0.25) is 0 Å². The van der Waals surface area contributed by atoms with Crippen molar-refractivity contribution < 1.29 is 0 Å². The van der Waals surface area contributed by atoms with E-state index in [-0.39, 0.29) is 0 Å². The highest BCUT2D eigenvalue weighted by Gasteiger charge is 2.20. The van der Waals surface area contributed by atoms with Crippen LogP contribution >= 0.6 is 0 Å². The van der Waals surface area contributed by atoms with Crippen molar-refractivity contribution in [2.45, 2.75) is 51.7 Å². The van der Waals surface area contributed by atoms with E-state index >= 15 is 0 Å². The number of fused-ring (bicyclic) bond motifs is 2. The molecule has 0 saturated carbocycles. The van der Waals surface area contributed by atoms with Crippen LogP contribution in [0.5, 0.6) is 0 Å². The second kappa shape index (κ2) is 9.31. The normalized spacial score (nSPS) is 16.4. The number of nitrogens with zero attached hydrogens (tertiary/aromatic N) is 2. The van der Waals surface area contributed by atoms with Crippen molar-refractivity contribution in [1.29, 1.82) is 0 Å². The van der Waals surface area contributed by atoms with Gasteiger partial charge in [0.15, 0.2) is 0 Å². The summed E-state index contributed by atoms with van der Waals surface area (Å²) in [6.07, 6.45) is 6.88. The molecule has 0 aliphatic carbocycles. The minimum atomic E-state index is 0.506. The Morgan fingerprint density at radius 1 is 1.00 bits per heavy atom. The molecule has 0 amide bonds. The predicted octanol–water partition coefficient (Wildman–Crippen LogP) is 4.94. The molecule has 3 aromatic rings. The van der Waals surface area contributed by atoms with E-state index in [1.54, 1.807) is 0 Å². The van der Waals surface area contributed by atoms with E-state index < -0.39 is 0 Å². The van der Waals surface area contributed by atoms with Gasteiger partial charge in [0.25, 0.3) is 0 Å². The first-order valence-electron chi connectivity index (χ1n) is 10.7. The van der Waals surface area contributed by atoms with E-state index in [1.165, 1.54) is 46.9 Å². The quantitative estimate of drug-likeness (QED) is 0.567. The Balaban J connectivity index is 1.49. The largest absolute Gasteiger partial charge is 0.308 e. The van der Waals surface area contributed by atoms with Gasteiger partial charge in [0, 0.05) is 37.3 Å². The molecular weight excluding hydrogens is 342 g/mol. The van der Waals surface area contributed by atoms with Gasteiger partial charge in [-0.25, -0.2) is 0 Å². The summed E-state index contributed by atoms with van der Waals surface area (Å²) >= 11 is 0. The summed E-state index contributed by atoms with van der Waals surface area (Å²) in [6, 6.07) is 20.1.